The van der Waals surface area contributed by atoms with Gasteiger partial charge in [-0.15, -0.1) is 10.2 Å². The van der Waals surface area contributed by atoms with Gasteiger partial charge < -0.3 is 29.5 Å². The van der Waals surface area contributed by atoms with E-state index in [0.717, 1.165) is 24.8 Å². The lowest BCUT2D eigenvalue weighted by Crippen LogP contribution is -2.56. The van der Waals surface area contributed by atoms with Crippen molar-refractivity contribution in [2.45, 2.75) is 64.5 Å². The summed E-state index contributed by atoms with van der Waals surface area (Å²) < 4.78 is 11.3. The van der Waals surface area contributed by atoms with Crippen LogP contribution in [0.2, 0.25) is 0 Å². The van der Waals surface area contributed by atoms with Gasteiger partial charge in [0.25, 0.3) is 11.8 Å². The van der Waals surface area contributed by atoms with E-state index in [1.807, 2.05) is 26.0 Å². The molecule has 2 atom stereocenters. The Hall–Kier alpha value is -5.33. The van der Waals surface area contributed by atoms with Crippen molar-refractivity contribution in [1.82, 2.24) is 45.6 Å². The molecule has 4 heterocycles. The molecule has 2 aliphatic rings. The zero-order valence-electron chi connectivity index (χ0n) is 27.2. The van der Waals surface area contributed by atoms with E-state index in [0.29, 0.717) is 49.4 Å². The lowest BCUT2D eigenvalue weighted by atomic mass is 10.1. The summed E-state index contributed by atoms with van der Waals surface area (Å²) in [5.41, 5.74) is 1.39. The molecule has 16 heteroatoms. The van der Waals surface area contributed by atoms with E-state index < -0.39 is 24.1 Å². The first kappa shape index (κ1) is 34.0. The first-order chi connectivity index (χ1) is 23.3. The van der Waals surface area contributed by atoms with Crippen molar-refractivity contribution in [3.63, 3.8) is 0 Å². The van der Waals surface area contributed by atoms with E-state index in [4.69, 9.17) is 9.47 Å². The maximum Gasteiger partial charge on any atom is 0.409 e. The predicted molar refractivity (Wildman–Crippen MR) is 170 cm³/mol. The Labute approximate surface area is 277 Å². The van der Waals surface area contributed by atoms with E-state index in [1.165, 1.54) is 11.0 Å². The Morgan fingerprint density at radius 1 is 1.12 bits per heavy atom. The molecule has 5 rings (SSSR count). The van der Waals surface area contributed by atoms with Crippen LogP contribution in [0.5, 0.6) is 5.75 Å². The molecule has 48 heavy (non-hydrogen) atoms. The number of benzene rings is 1. The molecular formula is C32H40N10O6. The summed E-state index contributed by atoms with van der Waals surface area (Å²) in [5, 5.41) is 26.7. The number of tetrazole rings is 1. The molecule has 4 amide bonds. The number of unbranched alkanes of at least 4 members (excludes halogenated alkanes) is 1. The summed E-state index contributed by atoms with van der Waals surface area (Å²) >= 11 is 0. The van der Waals surface area contributed by atoms with E-state index in [2.05, 4.69) is 37.0 Å². The molecule has 1 aromatic carbocycles. The van der Waals surface area contributed by atoms with E-state index in [1.54, 1.807) is 15.9 Å². The van der Waals surface area contributed by atoms with Gasteiger partial charge in [-0.1, -0.05) is 24.6 Å². The lowest BCUT2D eigenvalue weighted by Gasteiger charge is -2.36. The minimum absolute atomic E-state index is 0.00336. The molecule has 254 valence electrons. The number of aromatic nitrogens is 5. The number of ether oxygens (including phenoxy) is 2. The number of hydrogen-bond acceptors (Lipinski definition) is 11. The number of nitrogens with one attached hydrogen (secondary N) is 2. The highest BCUT2D eigenvalue weighted by atomic mass is 16.6. The molecule has 2 N–H and O–H groups in total. The van der Waals surface area contributed by atoms with Gasteiger partial charge in [0.05, 0.1) is 18.2 Å². The molecule has 2 fully saturated rings. The van der Waals surface area contributed by atoms with Crippen molar-refractivity contribution in [2.75, 3.05) is 45.9 Å². The summed E-state index contributed by atoms with van der Waals surface area (Å²) in [7, 11) is 0. The molecule has 0 bridgehead atoms. The molecular weight excluding hydrogens is 620 g/mol. The number of aryl methyl sites for hydroxylation is 2. The quantitative estimate of drug-likeness (QED) is 0.268. The number of fused-ring (bicyclic) bond motifs is 1. The van der Waals surface area contributed by atoms with Crippen molar-refractivity contribution in [3.05, 3.63) is 41.3 Å². The fourth-order valence-electron chi connectivity index (χ4n) is 5.74. The van der Waals surface area contributed by atoms with Crippen LogP contribution in [0.4, 0.5) is 4.79 Å². The van der Waals surface area contributed by atoms with E-state index in [-0.39, 0.29) is 55.8 Å². The second-order valence-corrected chi connectivity index (χ2v) is 11.9. The molecule has 0 aliphatic carbocycles. The van der Waals surface area contributed by atoms with Crippen molar-refractivity contribution < 1.29 is 28.7 Å². The highest BCUT2D eigenvalue weighted by molar-refractivity contribution is 5.99. The number of carbonyl (C=O) groups is 4. The fourth-order valence-corrected chi connectivity index (χ4v) is 5.74. The third-order valence-corrected chi connectivity index (χ3v) is 8.46. The van der Waals surface area contributed by atoms with Crippen LogP contribution in [-0.4, -0.2) is 122 Å². The summed E-state index contributed by atoms with van der Waals surface area (Å²) in [5.74, 6) is -0.574. The average molecular weight is 661 g/mol. The van der Waals surface area contributed by atoms with Crippen molar-refractivity contribution >= 4 is 34.7 Å². The number of carbonyl (C=O) groups excluding carboxylic acids is 4. The molecule has 2 aromatic heterocycles. The smallest absolute Gasteiger partial charge is 0.409 e. The maximum absolute atomic E-state index is 13.8. The van der Waals surface area contributed by atoms with Crippen molar-refractivity contribution in [1.29, 1.82) is 5.26 Å². The van der Waals surface area contributed by atoms with Gasteiger partial charge in [0.15, 0.2) is 12.4 Å². The maximum atomic E-state index is 13.8. The average Bonchev–Trinajstić information content (AvgIpc) is 3.81. The summed E-state index contributed by atoms with van der Waals surface area (Å²) in [4.78, 5) is 62.1. The Balaban J connectivity index is 1.31. The monoisotopic (exact) mass is 660 g/mol. The third kappa shape index (κ3) is 8.33. The first-order valence-corrected chi connectivity index (χ1v) is 16.2. The van der Waals surface area contributed by atoms with Crippen LogP contribution in [0.15, 0.2) is 24.3 Å². The SMILES string of the molecule is CCCCOC(=O)N1CCN(C(=O)[C@H](CCc2nn[nH]n2)NC(=O)c2cc(OCC(=O)N3CCC[C@H]3C#N)c3ccc(C)cc3n2)CC1. The number of piperazine rings is 1. The molecule has 0 saturated carbocycles. The minimum atomic E-state index is -0.960. The lowest BCUT2D eigenvalue weighted by molar-refractivity contribution is -0.135. The number of likely N-dealkylation sites (tertiary alicyclic amines) is 1. The topological polar surface area (TPSA) is 200 Å². The highest BCUT2D eigenvalue weighted by Gasteiger charge is 2.32. The number of amides is 4. The number of pyridine rings is 1. The van der Waals surface area contributed by atoms with Crippen molar-refractivity contribution in [2.24, 2.45) is 0 Å². The van der Waals surface area contributed by atoms with Crippen LogP contribution < -0.4 is 10.1 Å². The molecule has 0 radical (unpaired) electrons. The van der Waals surface area contributed by atoms with Gasteiger partial charge in [0.2, 0.25) is 5.91 Å². The first-order valence-electron chi connectivity index (χ1n) is 16.2. The summed E-state index contributed by atoms with van der Waals surface area (Å²) in [6.45, 7) is 5.60. The minimum Gasteiger partial charge on any atom is -0.483 e. The van der Waals surface area contributed by atoms with Gasteiger partial charge in [-0.25, -0.2) is 9.78 Å². The molecule has 2 aliphatic heterocycles. The Kier molecular flexibility index (Phi) is 11.3. The number of nitrogens with zero attached hydrogens (tertiary/aromatic N) is 8. The Morgan fingerprint density at radius 3 is 2.65 bits per heavy atom. The number of aromatic amines is 1. The van der Waals surface area contributed by atoms with Crippen LogP contribution in [0.3, 0.4) is 0 Å². The number of H-pyrrole nitrogens is 1. The van der Waals surface area contributed by atoms with Crippen LogP contribution in [0.1, 0.15) is 60.9 Å². The molecule has 0 unspecified atom stereocenters. The van der Waals surface area contributed by atoms with Crippen molar-refractivity contribution in [3.8, 4) is 11.8 Å². The number of hydrogen-bond donors (Lipinski definition) is 2. The molecule has 2 saturated heterocycles. The zero-order valence-corrected chi connectivity index (χ0v) is 27.2. The Morgan fingerprint density at radius 2 is 1.92 bits per heavy atom. The zero-order chi connectivity index (χ0) is 34.0. The molecule has 0 spiro atoms. The summed E-state index contributed by atoms with van der Waals surface area (Å²) in [6, 6.07) is 7.66. The van der Waals surface area contributed by atoms with Gasteiger partial charge in [-0.3, -0.25) is 14.4 Å². The van der Waals surface area contributed by atoms with Crippen LogP contribution >= 0.6 is 0 Å². The van der Waals surface area contributed by atoms with Gasteiger partial charge in [0, 0.05) is 50.6 Å². The largest absolute Gasteiger partial charge is 0.483 e. The van der Waals surface area contributed by atoms with Gasteiger partial charge in [-0.05, 0) is 50.3 Å². The second-order valence-electron chi connectivity index (χ2n) is 11.9. The third-order valence-electron chi connectivity index (χ3n) is 8.46. The standard InChI is InChI=1S/C32H40N10O6/c1-3-4-16-47-32(46)41-14-12-40(13-15-41)31(45)24(9-10-28-36-38-39-37-28)35-30(44)26-18-27(23-8-7-21(2)17-25(23)34-26)48-20-29(43)42-11-5-6-22(42)19-33/h7-8,17-18,22,24H,3-6,9-16,20H2,1-2H3,(H,35,44)(H,36,37,38,39)/t22-,24-/m0/s1. The number of nitriles is 1. The summed E-state index contributed by atoms with van der Waals surface area (Å²) in [6.07, 6.45) is 3.11. The van der Waals surface area contributed by atoms with E-state index >= 15 is 0 Å². The van der Waals surface area contributed by atoms with Crippen LogP contribution in [0.25, 0.3) is 10.9 Å². The predicted octanol–water partition coefficient (Wildman–Crippen LogP) is 1.76. The molecule has 3 aromatic rings. The van der Waals surface area contributed by atoms with Gasteiger partial charge >= 0.3 is 6.09 Å². The van der Waals surface area contributed by atoms with Crippen LogP contribution in [0, 0.1) is 18.3 Å². The van der Waals surface area contributed by atoms with E-state index in [9.17, 15) is 24.4 Å². The Bertz CT molecular complexity index is 1650. The molecule has 16 nitrogen and oxygen atoms in total. The van der Waals surface area contributed by atoms with Gasteiger partial charge in [-0.2, -0.15) is 10.5 Å². The normalized spacial score (nSPS) is 16.8. The highest BCUT2D eigenvalue weighted by Crippen LogP contribution is 2.27. The fraction of sp³-hybridized carbons (Fsp3) is 0.531. The second kappa shape index (κ2) is 16.0. The number of rotatable bonds is 12. The van der Waals surface area contributed by atoms with Gasteiger partial charge in [0.1, 0.15) is 23.5 Å². The van der Waals surface area contributed by atoms with Crippen LogP contribution in [-0.2, 0) is 20.7 Å².